The van der Waals surface area contributed by atoms with Crippen molar-refractivity contribution in [1.82, 2.24) is 4.90 Å². The number of carboxylic acids is 1. The fourth-order valence-electron chi connectivity index (χ4n) is 4.85. The van der Waals surface area contributed by atoms with Gasteiger partial charge in [0.25, 0.3) is 5.91 Å². The molecule has 2 heterocycles. The molecule has 12 heteroatoms. The van der Waals surface area contributed by atoms with Gasteiger partial charge in [-0.05, 0) is 56.9 Å². The molecule has 2 aliphatic rings. The van der Waals surface area contributed by atoms with Gasteiger partial charge in [0.1, 0.15) is 30.8 Å². The summed E-state index contributed by atoms with van der Waals surface area (Å²) in [5.41, 5.74) is 8.62. The predicted octanol–water partition coefficient (Wildman–Crippen LogP) is 3.96. The van der Waals surface area contributed by atoms with Crippen LogP contribution >= 0.6 is 27.5 Å². The summed E-state index contributed by atoms with van der Waals surface area (Å²) in [5, 5.41) is 19.7. The number of rotatable bonds is 10. The number of aliphatic carboxylic acids is 1. The van der Waals surface area contributed by atoms with Crippen LogP contribution in [0.1, 0.15) is 17.5 Å². The van der Waals surface area contributed by atoms with Gasteiger partial charge < -0.3 is 34.9 Å². The fraction of sp³-hybridized carbons (Fsp3) is 0.310. The summed E-state index contributed by atoms with van der Waals surface area (Å²) in [6, 6.07) is 15.9. The molecule has 2 aliphatic heterocycles. The first-order valence-electron chi connectivity index (χ1n) is 12.8. The summed E-state index contributed by atoms with van der Waals surface area (Å²) in [6.45, 7) is 0.536. The third kappa shape index (κ3) is 7.05. The number of hydrogen-bond donors (Lipinski definition) is 3. The molecule has 0 aliphatic carbocycles. The second-order valence-corrected chi connectivity index (χ2v) is 11.2. The molecule has 10 nitrogen and oxygen atoms in total. The molecule has 3 aromatic carbocycles. The average Bonchev–Trinajstić information content (AvgIpc) is 3.32. The number of aliphatic hydroxyl groups excluding tert-OH is 1. The smallest absolute Gasteiger partial charge is 0.321 e. The summed E-state index contributed by atoms with van der Waals surface area (Å²) in [4.78, 5) is 24.7. The molecule has 0 saturated carbocycles. The Hall–Kier alpha value is -3.51. The molecule has 3 atom stereocenters. The minimum Gasteiger partial charge on any atom is -0.487 e. The van der Waals surface area contributed by atoms with Crippen LogP contribution in [0, 0.1) is 0 Å². The van der Waals surface area contributed by atoms with Crippen LogP contribution in [-0.2, 0) is 22.7 Å². The number of carbonyl (C=O) groups is 2. The van der Waals surface area contributed by atoms with Gasteiger partial charge in [-0.15, -0.1) is 0 Å². The highest BCUT2D eigenvalue weighted by atomic mass is 79.9. The molecule has 1 unspecified atom stereocenters. The zero-order chi connectivity index (χ0) is 29.1. The number of alkyl halides is 1. The highest BCUT2D eigenvalue weighted by Gasteiger charge is 2.36. The third-order valence-electron chi connectivity index (χ3n) is 6.75. The summed E-state index contributed by atoms with van der Waals surface area (Å²) < 4.78 is 23.2. The van der Waals surface area contributed by atoms with Gasteiger partial charge in [0.2, 0.25) is 0 Å². The summed E-state index contributed by atoms with van der Waals surface area (Å²) >= 11 is 9.96. The number of nitrogens with two attached hydrogens (primary N) is 1. The number of benzene rings is 3. The minimum absolute atomic E-state index is 0.115. The molecule has 41 heavy (non-hydrogen) atoms. The van der Waals surface area contributed by atoms with Crippen molar-refractivity contribution in [3.63, 3.8) is 0 Å². The number of aliphatic hydroxyl groups is 1. The number of likely N-dealkylation sites (tertiary alicyclic amines) is 1. The molecule has 216 valence electrons. The van der Waals surface area contributed by atoms with E-state index in [9.17, 15) is 19.8 Å². The van der Waals surface area contributed by atoms with Crippen LogP contribution < -0.4 is 24.7 Å². The molecule has 0 spiro atoms. The van der Waals surface area contributed by atoms with Crippen molar-refractivity contribution in [2.45, 2.75) is 36.7 Å². The van der Waals surface area contributed by atoms with Gasteiger partial charge in [-0.2, -0.15) is 0 Å². The van der Waals surface area contributed by atoms with E-state index >= 15 is 0 Å². The zero-order valence-electron chi connectivity index (χ0n) is 21.8. The van der Waals surface area contributed by atoms with Gasteiger partial charge in [-0.3, -0.25) is 14.5 Å². The van der Waals surface area contributed by atoms with Crippen molar-refractivity contribution in [2.24, 2.45) is 5.73 Å². The van der Waals surface area contributed by atoms with Crippen LogP contribution in [0.4, 0.5) is 0 Å². The Morgan fingerprint density at radius 1 is 1.07 bits per heavy atom. The van der Waals surface area contributed by atoms with Crippen molar-refractivity contribution in [1.29, 1.82) is 0 Å². The van der Waals surface area contributed by atoms with E-state index in [1.165, 1.54) is 0 Å². The van der Waals surface area contributed by atoms with Crippen LogP contribution in [-0.4, -0.2) is 63.9 Å². The Kier molecular flexibility index (Phi) is 8.88. The number of ether oxygens (including phenoxy) is 4. The lowest BCUT2D eigenvalue weighted by Gasteiger charge is -2.23. The normalized spacial score (nSPS) is 20.0. The summed E-state index contributed by atoms with van der Waals surface area (Å²) in [7, 11) is 0. The lowest BCUT2D eigenvalue weighted by Crippen LogP contribution is -2.35. The number of carboxylic acid groups (broad SMARTS) is 1. The van der Waals surface area contributed by atoms with Gasteiger partial charge in [0, 0.05) is 31.1 Å². The van der Waals surface area contributed by atoms with Crippen LogP contribution in [0.2, 0.25) is 5.02 Å². The van der Waals surface area contributed by atoms with Crippen LogP contribution in [0.5, 0.6) is 23.0 Å². The van der Waals surface area contributed by atoms with E-state index in [1.54, 1.807) is 17.0 Å². The molecular formula is C29H28BrClN2O8. The van der Waals surface area contributed by atoms with E-state index in [-0.39, 0.29) is 48.5 Å². The molecule has 0 bridgehead atoms. The first-order chi connectivity index (χ1) is 19.7. The number of amides is 1. The van der Waals surface area contributed by atoms with Crippen molar-refractivity contribution >= 4 is 39.4 Å². The molecule has 0 aromatic heterocycles. The second-order valence-electron chi connectivity index (χ2n) is 9.81. The maximum Gasteiger partial charge on any atom is 0.321 e. The van der Waals surface area contributed by atoms with Crippen molar-refractivity contribution < 1.29 is 38.7 Å². The highest BCUT2D eigenvalue weighted by Crippen LogP contribution is 2.38. The number of nitrogens with zero attached hydrogens (tertiary/aromatic N) is 1. The number of halogens is 2. The first kappa shape index (κ1) is 29.0. The molecular weight excluding hydrogens is 620 g/mol. The van der Waals surface area contributed by atoms with Crippen molar-refractivity contribution in [3.8, 4) is 34.1 Å². The van der Waals surface area contributed by atoms with Crippen LogP contribution in [0.15, 0.2) is 54.6 Å². The van der Waals surface area contributed by atoms with Crippen LogP contribution in [0.3, 0.4) is 0 Å². The number of carbonyl (C=O) groups excluding carboxylic acids is 1. The maximum atomic E-state index is 11.7. The van der Waals surface area contributed by atoms with Crippen LogP contribution in [0.25, 0.3) is 11.1 Å². The Balaban J connectivity index is 1.33. The van der Waals surface area contributed by atoms with Gasteiger partial charge in [-0.1, -0.05) is 35.9 Å². The lowest BCUT2D eigenvalue weighted by atomic mass is 10.0. The minimum atomic E-state index is -1.03. The largest absolute Gasteiger partial charge is 0.487 e. The number of fused-ring (bicyclic) bond motifs is 1. The van der Waals surface area contributed by atoms with E-state index in [0.717, 1.165) is 16.7 Å². The molecule has 0 radical (unpaired) electrons. The predicted molar refractivity (Wildman–Crippen MR) is 154 cm³/mol. The van der Waals surface area contributed by atoms with Gasteiger partial charge in [0.15, 0.2) is 23.1 Å². The quantitative estimate of drug-likeness (QED) is 0.279. The van der Waals surface area contributed by atoms with E-state index in [0.29, 0.717) is 29.4 Å². The number of primary amides is 1. The van der Waals surface area contributed by atoms with Gasteiger partial charge >= 0.3 is 5.97 Å². The Morgan fingerprint density at radius 2 is 1.88 bits per heavy atom. The standard InChI is InChI=1S/C29H28BrClN2O8/c30-27-14-39-26-8-18(4-5-23(26)41-27)17-3-1-2-16(6-17)13-38-25-10-24(40-15-28(32)35)19(7-21(25)31)11-33-12-20(34)9-22(33)29(36)37/h1-8,10,20,22,27,34H,9,11-15H2,(H2,32,35)(H,36,37)/t20-,22-,27?/m0/s1. The Bertz CT molecular complexity index is 1450. The van der Waals surface area contributed by atoms with E-state index < -0.39 is 24.0 Å². The maximum absolute atomic E-state index is 11.7. The van der Waals surface area contributed by atoms with Crippen molar-refractivity contribution in [3.05, 3.63) is 70.7 Å². The van der Waals surface area contributed by atoms with Gasteiger partial charge in [-0.25, -0.2) is 0 Å². The third-order valence-corrected chi connectivity index (χ3v) is 7.49. The molecule has 5 rings (SSSR count). The molecule has 1 saturated heterocycles. The van der Waals surface area contributed by atoms with E-state index in [1.807, 2.05) is 42.5 Å². The average molecular weight is 648 g/mol. The molecule has 1 fully saturated rings. The Labute approximate surface area is 249 Å². The summed E-state index contributed by atoms with van der Waals surface area (Å²) in [5.74, 6) is 0.251. The van der Waals surface area contributed by atoms with E-state index in [4.69, 9.17) is 36.3 Å². The lowest BCUT2D eigenvalue weighted by molar-refractivity contribution is -0.142. The first-order valence-corrected chi connectivity index (χ1v) is 14.1. The van der Waals surface area contributed by atoms with E-state index in [2.05, 4.69) is 15.9 Å². The number of hydrogen-bond acceptors (Lipinski definition) is 8. The van der Waals surface area contributed by atoms with Crippen molar-refractivity contribution in [2.75, 3.05) is 19.8 Å². The highest BCUT2D eigenvalue weighted by molar-refractivity contribution is 9.09. The fourth-order valence-corrected chi connectivity index (χ4v) is 5.42. The second kappa shape index (κ2) is 12.6. The number of β-amino-alcohol motifs (C(OH)–C–C–N with tert-alkyl or cyclic N) is 1. The zero-order valence-corrected chi connectivity index (χ0v) is 24.1. The Morgan fingerprint density at radius 3 is 2.66 bits per heavy atom. The topological polar surface area (TPSA) is 141 Å². The molecule has 4 N–H and O–H groups in total. The molecule has 1 amide bonds. The van der Waals surface area contributed by atoms with Gasteiger partial charge in [0.05, 0.1) is 11.1 Å². The summed E-state index contributed by atoms with van der Waals surface area (Å²) in [6.07, 6.45) is -0.645. The SMILES string of the molecule is NC(=O)COc1cc(OCc2cccc(-c3ccc4c(c3)OCC(Br)O4)c2)c(Cl)cc1CN1C[C@@H](O)C[C@H]1C(=O)O. The monoisotopic (exact) mass is 646 g/mol. The molecule has 3 aromatic rings.